The number of ether oxygens (including phenoxy) is 2. The largest absolute Gasteiger partial charge is 0.486 e. The predicted octanol–water partition coefficient (Wildman–Crippen LogP) is 7.79. The summed E-state index contributed by atoms with van der Waals surface area (Å²) in [6, 6.07) is 19.8. The van der Waals surface area contributed by atoms with E-state index in [2.05, 4.69) is 0 Å². The standard InChI is InChI=1S/C29H22F4O2/c1-2-17-3-7-19(8-4-17)22-13-14-24(29(33)27(22)31)34-15-18-5-9-20(10-6-18)21-11-12-23(25-16-35-25)28(32)26(21)30/h3-14,25H,2,15-16H2,1H3. The van der Waals surface area contributed by atoms with E-state index < -0.39 is 23.3 Å². The van der Waals surface area contributed by atoms with Gasteiger partial charge in [-0.25, -0.2) is 13.2 Å². The van der Waals surface area contributed by atoms with Gasteiger partial charge in [0.1, 0.15) is 12.7 Å². The van der Waals surface area contributed by atoms with Crippen molar-refractivity contribution in [1.82, 2.24) is 0 Å². The van der Waals surface area contributed by atoms with E-state index in [4.69, 9.17) is 9.47 Å². The second-order valence-electron chi connectivity index (χ2n) is 8.43. The summed E-state index contributed by atoms with van der Waals surface area (Å²) in [4.78, 5) is 0. The molecule has 0 bridgehead atoms. The fourth-order valence-corrected chi connectivity index (χ4v) is 3.99. The molecule has 35 heavy (non-hydrogen) atoms. The van der Waals surface area contributed by atoms with Gasteiger partial charge in [-0.15, -0.1) is 0 Å². The molecule has 178 valence electrons. The highest BCUT2D eigenvalue weighted by molar-refractivity contribution is 5.66. The Morgan fingerprint density at radius 3 is 1.80 bits per heavy atom. The maximum absolute atomic E-state index is 14.7. The van der Waals surface area contributed by atoms with Crippen LogP contribution >= 0.6 is 0 Å². The first kappa shape index (κ1) is 23.1. The predicted molar refractivity (Wildman–Crippen MR) is 126 cm³/mol. The van der Waals surface area contributed by atoms with Crippen molar-refractivity contribution >= 4 is 0 Å². The molecule has 0 aliphatic carbocycles. The summed E-state index contributed by atoms with van der Waals surface area (Å²) < 4.78 is 68.8. The van der Waals surface area contributed by atoms with Gasteiger partial charge in [0.2, 0.25) is 5.82 Å². The molecule has 0 spiro atoms. The van der Waals surface area contributed by atoms with Gasteiger partial charge in [-0.3, -0.25) is 0 Å². The zero-order chi connectivity index (χ0) is 24.5. The lowest BCUT2D eigenvalue weighted by Gasteiger charge is -2.12. The van der Waals surface area contributed by atoms with Crippen molar-refractivity contribution in [2.75, 3.05) is 6.61 Å². The van der Waals surface area contributed by atoms with Crippen LogP contribution in [0.25, 0.3) is 22.3 Å². The fourth-order valence-electron chi connectivity index (χ4n) is 3.99. The summed E-state index contributed by atoms with van der Waals surface area (Å²) in [5, 5.41) is 0. The molecule has 0 amide bonds. The molecule has 1 aliphatic heterocycles. The molecule has 2 nitrogen and oxygen atoms in total. The molecule has 1 aliphatic rings. The molecule has 0 radical (unpaired) electrons. The highest BCUT2D eigenvalue weighted by Gasteiger charge is 2.30. The van der Waals surface area contributed by atoms with Crippen LogP contribution < -0.4 is 4.74 Å². The summed E-state index contributed by atoms with van der Waals surface area (Å²) in [5.74, 6) is -4.06. The molecular weight excluding hydrogens is 456 g/mol. The molecule has 1 fully saturated rings. The van der Waals surface area contributed by atoms with Crippen molar-refractivity contribution in [2.24, 2.45) is 0 Å². The zero-order valence-corrected chi connectivity index (χ0v) is 19.0. The van der Waals surface area contributed by atoms with Crippen LogP contribution in [0.4, 0.5) is 17.6 Å². The summed E-state index contributed by atoms with van der Waals surface area (Å²) in [6.07, 6.45) is 0.484. The summed E-state index contributed by atoms with van der Waals surface area (Å²) in [5.41, 5.74) is 3.36. The van der Waals surface area contributed by atoms with E-state index in [0.717, 1.165) is 12.0 Å². The molecule has 0 saturated carbocycles. The van der Waals surface area contributed by atoms with E-state index >= 15 is 0 Å². The van der Waals surface area contributed by atoms with Gasteiger partial charge in [-0.05, 0) is 40.8 Å². The van der Waals surface area contributed by atoms with Crippen LogP contribution in [0.3, 0.4) is 0 Å². The first-order chi connectivity index (χ1) is 17.0. The van der Waals surface area contributed by atoms with Crippen LogP contribution in [0.15, 0.2) is 72.8 Å². The van der Waals surface area contributed by atoms with Crippen molar-refractivity contribution < 1.29 is 27.0 Å². The minimum absolute atomic E-state index is 0.0179. The van der Waals surface area contributed by atoms with Gasteiger partial charge in [0, 0.05) is 16.7 Å². The Kier molecular flexibility index (Phi) is 6.31. The lowest BCUT2D eigenvalue weighted by atomic mass is 10.0. The second kappa shape index (κ2) is 9.55. The van der Waals surface area contributed by atoms with E-state index in [1.165, 1.54) is 24.3 Å². The minimum atomic E-state index is -1.06. The Balaban J connectivity index is 1.29. The van der Waals surface area contributed by atoms with Crippen LogP contribution in [-0.2, 0) is 17.8 Å². The molecule has 1 heterocycles. The molecule has 5 rings (SSSR count). The summed E-state index contributed by atoms with van der Waals surface area (Å²) >= 11 is 0. The van der Waals surface area contributed by atoms with Crippen LogP contribution in [0.1, 0.15) is 29.7 Å². The SMILES string of the molecule is CCc1ccc(-c2ccc(OCc3ccc(-c4ccc(C5CO5)c(F)c4F)cc3)c(F)c2F)cc1. The number of rotatable bonds is 7. The molecule has 0 N–H and O–H groups in total. The first-order valence-corrected chi connectivity index (χ1v) is 11.3. The molecule has 6 heteroatoms. The number of benzene rings is 4. The number of hydrogen-bond acceptors (Lipinski definition) is 2. The van der Waals surface area contributed by atoms with Crippen molar-refractivity contribution in [3.8, 4) is 28.0 Å². The highest BCUT2D eigenvalue weighted by Crippen LogP contribution is 2.36. The zero-order valence-electron chi connectivity index (χ0n) is 19.0. The Morgan fingerprint density at radius 2 is 1.23 bits per heavy atom. The Labute approximate surface area is 200 Å². The fraction of sp³-hybridized carbons (Fsp3) is 0.172. The van der Waals surface area contributed by atoms with E-state index in [0.29, 0.717) is 23.3 Å². The molecule has 4 aromatic rings. The van der Waals surface area contributed by atoms with Crippen LogP contribution in [0.5, 0.6) is 5.75 Å². The normalized spacial score (nSPS) is 14.7. The average molecular weight is 478 g/mol. The second-order valence-corrected chi connectivity index (χ2v) is 8.43. The lowest BCUT2D eigenvalue weighted by Crippen LogP contribution is -2.00. The topological polar surface area (TPSA) is 21.8 Å². The minimum Gasteiger partial charge on any atom is -0.486 e. The smallest absolute Gasteiger partial charge is 0.201 e. The maximum atomic E-state index is 14.7. The Hall–Kier alpha value is -3.64. The van der Waals surface area contributed by atoms with Gasteiger partial charge in [0.05, 0.1) is 6.61 Å². The van der Waals surface area contributed by atoms with Crippen LogP contribution in [0, 0.1) is 23.3 Å². The van der Waals surface area contributed by atoms with E-state index in [1.807, 2.05) is 19.1 Å². The van der Waals surface area contributed by atoms with Gasteiger partial charge in [-0.2, -0.15) is 4.39 Å². The third-order valence-corrected chi connectivity index (χ3v) is 6.17. The number of aryl methyl sites for hydroxylation is 1. The molecular formula is C29H22F4O2. The van der Waals surface area contributed by atoms with Gasteiger partial charge < -0.3 is 9.47 Å². The maximum Gasteiger partial charge on any atom is 0.201 e. The quantitative estimate of drug-likeness (QED) is 0.200. The lowest BCUT2D eigenvalue weighted by molar-refractivity contribution is 0.285. The average Bonchev–Trinajstić information content (AvgIpc) is 3.72. The van der Waals surface area contributed by atoms with Gasteiger partial charge in [0.15, 0.2) is 23.2 Å². The van der Waals surface area contributed by atoms with Crippen molar-refractivity contribution in [2.45, 2.75) is 26.1 Å². The molecule has 1 saturated heterocycles. The van der Waals surface area contributed by atoms with E-state index in [9.17, 15) is 17.6 Å². The third kappa shape index (κ3) is 4.66. The van der Waals surface area contributed by atoms with Crippen molar-refractivity contribution in [3.05, 3.63) is 113 Å². The van der Waals surface area contributed by atoms with E-state index in [1.54, 1.807) is 36.4 Å². The number of hydrogen-bond donors (Lipinski definition) is 0. The molecule has 0 aromatic heterocycles. The summed E-state index contributed by atoms with van der Waals surface area (Å²) in [6.45, 7) is 2.40. The number of halogens is 4. The molecule has 1 atom stereocenters. The first-order valence-electron chi connectivity index (χ1n) is 11.3. The van der Waals surface area contributed by atoms with Gasteiger partial charge in [0.25, 0.3) is 0 Å². The third-order valence-electron chi connectivity index (χ3n) is 6.17. The van der Waals surface area contributed by atoms with Crippen molar-refractivity contribution in [3.63, 3.8) is 0 Å². The molecule has 4 aromatic carbocycles. The van der Waals surface area contributed by atoms with Crippen molar-refractivity contribution in [1.29, 1.82) is 0 Å². The van der Waals surface area contributed by atoms with Gasteiger partial charge in [-0.1, -0.05) is 67.6 Å². The highest BCUT2D eigenvalue weighted by atomic mass is 19.2. The van der Waals surface area contributed by atoms with Crippen LogP contribution in [-0.4, -0.2) is 6.61 Å². The van der Waals surface area contributed by atoms with Gasteiger partial charge >= 0.3 is 0 Å². The van der Waals surface area contributed by atoms with Crippen LogP contribution in [0.2, 0.25) is 0 Å². The Morgan fingerprint density at radius 1 is 0.686 bits per heavy atom. The monoisotopic (exact) mass is 478 g/mol. The summed E-state index contributed by atoms with van der Waals surface area (Å²) in [7, 11) is 0. The Bertz CT molecular complexity index is 1360. The number of epoxide rings is 1. The molecule has 1 unspecified atom stereocenters. The van der Waals surface area contributed by atoms with E-state index in [-0.39, 0.29) is 35.2 Å².